The Hall–Kier alpha value is -6.45. The first-order chi connectivity index (χ1) is 26.8. The molecule has 0 heterocycles. The van der Waals surface area contributed by atoms with Crippen molar-refractivity contribution in [3.8, 4) is 22.6 Å². The zero-order valence-corrected chi connectivity index (χ0v) is 31.6. The molecule has 21 nitrogen and oxygen atoms in total. The highest BCUT2D eigenvalue weighted by atomic mass is 32.2. The zero-order valence-electron chi connectivity index (χ0n) is 28.4. The quantitative estimate of drug-likeness (QED) is 0.0523. The van der Waals surface area contributed by atoms with Gasteiger partial charge in [0.25, 0.3) is 40.5 Å². The number of ketones is 1. The second kappa shape index (κ2) is 13.3. The Morgan fingerprint density at radius 2 is 0.810 bits per heavy atom. The van der Waals surface area contributed by atoms with Crippen LogP contribution in [0, 0.1) is 0 Å². The summed E-state index contributed by atoms with van der Waals surface area (Å²) in [5, 5.41) is 36.2. The monoisotopic (exact) mass is 870 g/mol. The topological polar surface area (TPSA) is 376 Å². The van der Waals surface area contributed by atoms with Gasteiger partial charge in [-0.1, -0.05) is 12.1 Å². The number of carbonyl (C=O) groups excluding carboxylic acids is 1. The summed E-state index contributed by atoms with van der Waals surface area (Å²) < 4.78 is 135. The molecule has 1 aliphatic carbocycles. The van der Waals surface area contributed by atoms with Crippen LogP contribution in [0.1, 0.15) is 15.9 Å². The van der Waals surface area contributed by atoms with Crippen LogP contribution in [0.2, 0.25) is 0 Å². The summed E-state index contributed by atoms with van der Waals surface area (Å²) in [5.41, 5.74) is 10.2. The number of hydrogen-bond acceptors (Lipinski definition) is 17. The fourth-order valence-electron chi connectivity index (χ4n) is 6.26. The molecule has 0 fully saturated rings. The minimum Gasteiger partial charge on any atom is -0.505 e. The maximum atomic E-state index is 13.6. The van der Waals surface area contributed by atoms with E-state index >= 15 is 0 Å². The van der Waals surface area contributed by atoms with Crippen molar-refractivity contribution in [1.82, 2.24) is 0 Å². The molecule has 0 saturated carbocycles. The average molecular weight is 871 g/mol. The third-order valence-corrected chi connectivity index (χ3v) is 12.2. The van der Waals surface area contributed by atoms with Crippen LogP contribution in [0.25, 0.3) is 32.7 Å². The molecular formula is C33H22N6O15S4. The van der Waals surface area contributed by atoms with Crippen molar-refractivity contribution in [2.45, 2.75) is 19.6 Å². The molecule has 6 aromatic carbocycles. The molecule has 0 amide bonds. The Labute approximate surface area is 325 Å². The van der Waals surface area contributed by atoms with Gasteiger partial charge in [-0.15, -0.1) is 10.2 Å². The van der Waals surface area contributed by atoms with Crippen LogP contribution < -0.4 is 11.5 Å². The van der Waals surface area contributed by atoms with Crippen molar-refractivity contribution < 1.29 is 66.9 Å². The van der Waals surface area contributed by atoms with Gasteiger partial charge in [0.2, 0.25) is 0 Å². The number of nitrogen functional groups attached to an aromatic ring is 2. The van der Waals surface area contributed by atoms with Gasteiger partial charge in [-0.25, -0.2) is 0 Å². The summed E-state index contributed by atoms with van der Waals surface area (Å²) >= 11 is 0. The molecule has 0 atom stereocenters. The van der Waals surface area contributed by atoms with Crippen LogP contribution >= 0.6 is 0 Å². The van der Waals surface area contributed by atoms with Gasteiger partial charge >= 0.3 is 0 Å². The van der Waals surface area contributed by atoms with Gasteiger partial charge in [-0.3, -0.25) is 23.0 Å². The number of carbonyl (C=O) groups is 1. The predicted octanol–water partition coefficient (Wildman–Crippen LogP) is 5.60. The molecule has 298 valence electrons. The highest BCUT2D eigenvalue weighted by molar-refractivity contribution is 7.86. The maximum Gasteiger partial charge on any atom is 0.296 e. The minimum absolute atomic E-state index is 0.0530. The lowest BCUT2D eigenvalue weighted by molar-refractivity contribution is 0.104. The number of rotatable bonds is 8. The summed E-state index contributed by atoms with van der Waals surface area (Å²) in [6.45, 7) is 0. The molecule has 25 heteroatoms. The Morgan fingerprint density at radius 1 is 0.448 bits per heavy atom. The van der Waals surface area contributed by atoms with E-state index in [0.717, 1.165) is 36.4 Å². The number of benzene rings is 6. The molecule has 0 saturated heterocycles. The molecule has 0 unspecified atom stereocenters. The summed E-state index contributed by atoms with van der Waals surface area (Å²) in [7, 11) is -19.9. The highest BCUT2D eigenvalue weighted by Gasteiger charge is 2.29. The van der Waals surface area contributed by atoms with Crippen molar-refractivity contribution in [3.05, 3.63) is 83.9 Å². The number of phenolic OH excluding ortho intramolecular Hbond substituents is 2. The highest BCUT2D eigenvalue weighted by Crippen LogP contribution is 2.47. The fourth-order valence-corrected chi connectivity index (χ4v) is 8.68. The average Bonchev–Trinajstić information content (AvgIpc) is 3.38. The van der Waals surface area contributed by atoms with Crippen molar-refractivity contribution in [1.29, 1.82) is 0 Å². The standard InChI is InChI=1S/C33H22N6O15S4/c34-23-11-17(55(43,44)45)5-13-7-25(57(49,50)51)29(32(41)27(13)23)38-36-15-1-3-19-20-4-2-16(10-22(20)31(40)21(19)9-15)37-39-30-26(58(52,53)54)8-14-6-18(56(46,47)48)12-24(35)28(14)33(30)42/h1-12,41-42H,34-35H2,(H,43,44,45)(H,46,47,48)(H,49,50,51)(H,52,53,54). The number of fused-ring (bicyclic) bond motifs is 5. The summed E-state index contributed by atoms with van der Waals surface area (Å²) in [5.74, 6) is -2.42. The first-order valence-electron chi connectivity index (χ1n) is 15.6. The number of phenols is 2. The second-order valence-electron chi connectivity index (χ2n) is 12.5. The van der Waals surface area contributed by atoms with E-state index in [-0.39, 0.29) is 44.0 Å². The first-order valence-corrected chi connectivity index (χ1v) is 21.4. The van der Waals surface area contributed by atoms with Crippen LogP contribution in [0.4, 0.5) is 34.1 Å². The fraction of sp³-hybridized carbons (Fsp3) is 0. The predicted molar refractivity (Wildman–Crippen MR) is 203 cm³/mol. The van der Waals surface area contributed by atoms with Crippen molar-refractivity contribution in [2.24, 2.45) is 20.5 Å². The molecule has 0 bridgehead atoms. The maximum absolute atomic E-state index is 13.6. The molecular weight excluding hydrogens is 849 g/mol. The number of aromatic hydroxyl groups is 2. The normalized spacial score (nSPS) is 13.6. The molecule has 58 heavy (non-hydrogen) atoms. The third kappa shape index (κ3) is 6.96. The van der Waals surface area contributed by atoms with Crippen molar-refractivity contribution in [3.63, 3.8) is 0 Å². The van der Waals surface area contributed by atoms with Crippen LogP contribution in [-0.2, 0) is 40.5 Å². The number of anilines is 2. The Morgan fingerprint density at radius 3 is 1.14 bits per heavy atom. The van der Waals surface area contributed by atoms with Crippen LogP contribution in [0.5, 0.6) is 11.5 Å². The molecule has 6 aromatic rings. The van der Waals surface area contributed by atoms with E-state index < -0.39 is 100 Å². The molecule has 7 rings (SSSR count). The molecule has 0 spiro atoms. The largest absolute Gasteiger partial charge is 0.505 e. The van der Waals surface area contributed by atoms with Crippen LogP contribution in [0.15, 0.2) is 113 Å². The lowest BCUT2D eigenvalue weighted by Crippen LogP contribution is -2.02. The van der Waals surface area contributed by atoms with Gasteiger partial charge in [-0.2, -0.15) is 43.9 Å². The number of hydrogen-bond donors (Lipinski definition) is 8. The van der Waals surface area contributed by atoms with E-state index in [1.165, 1.54) is 36.4 Å². The minimum atomic E-state index is -5.15. The van der Waals surface area contributed by atoms with Gasteiger partial charge in [-0.05, 0) is 82.6 Å². The van der Waals surface area contributed by atoms with E-state index in [4.69, 9.17) is 11.5 Å². The first kappa shape index (κ1) is 39.8. The van der Waals surface area contributed by atoms with E-state index in [1.54, 1.807) is 0 Å². The Kier molecular flexibility index (Phi) is 9.13. The Bertz CT molecular complexity index is 3180. The van der Waals surface area contributed by atoms with Gasteiger partial charge in [0.15, 0.2) is 17.3 Å². The Balaban J connectivity index is 1.24. The van der Waals surface area contributed by atoms with E-state index in [2.05, 4.69) is 20.5 Å². The van der Waals surface area contributed by atoms with Crippen molar-refractivity contribution >= 4 is 102 Å². The van der Waals surface area contributed by atoms with Crippen LogP contribution in [0.3, 0.4) is 0 Å². The van der Waals surface area contributed by atoms with Gasteiger partial charge in [0.1, 0.15) is 21.2 Å². The third-order valence-electron chi connectivity index (χ3n) is 8.78. The van der Waals surface area contributed by atoms with Gasteiger partial charge < -0.3 is 21.7 Å². The summed E-state index contributed by atoms with van der Waals surface area (Å²) in [6.07, 6.45) is 0. The lowest BCUT2D eigenvalue weighted by Gasteiger charge is -2.12. The summed E-state index contributed by atoms with van der Waals surface area (Å²) in [6, 6.07) is 12.9. The molecule has 0 radical (unpaired) electrons. The molecule has 10 N–H and O–H groups in total. The number of azo groups is 2. The number of nitrogens with zero attached hydrogens (tertiary/aromatic N) is 4. The van der Waals surface area contributed by atoms with E-state index in [9.17, 15) is 66.9 Å². The van der Waals surface area contributed by atoms with E-state index in [0.29, 0.717) is 11.1 Å². The molecule has 1 aliphatic rings. The van der Waals surface area contributed by atoms with Gasteiger partial charge in [0.05, 0.1) is 21.2 Å². The van der Waals surface area contributed by atoms with Crippen LogP contribution in [-0.4, -0.2) is 67.9 Å². The van der Waals surface area contributed by atoms with E-state index in [1.807, 2.05) is 0 Å². The lowest BCUT2D eigenvalue weighted by atomic mass is 10.1. The molecule has 0 aromatic heterocycles. The summed E-state index contributed by atoms with van der Waals surface area (Å²) in [4.78, 5) is 10.1. The number of nitrogens with two attached hydrogens (primary N) is 2. The van der Waals surface area contributed by atoms with Gasteiger partial charge in [0, 0.05) is 33.3 Å². The zero-order chi connectivity index (χ0) is 42.4. The SMILES string of the molecule is Nc1cc(S(=O)(=O)O)cc2cc(S(=O)(=O)O)c(N=Nc3ccc4c(c3)C(=O)c3cc(N=Nc5c(S(=O)(=O)O)cc6cc(S(=O)(=O)O)cc(N)c6c5O)ccc3-4)c(O)c12. The second-order valence-corrected chi connectivity index (χ2v) is 18.1. The smallest absolute Gasteiger partial charge is 0.296 e. The molecule has 0 aliphatic heterocycles. The van der Waals surface area contributed by atoms with Crippen molar-refractivity contribution in [2.75, 3.05) is 11.5 Å².